The number of amides is 1. The lowest BCUT2D eigenvalue weighted by molar-refractivity contribution is -0.121. The molecule has 1 amide bonds. The van der Waals surface area contributed by atoms with Crippen molar-refractivity contribution >= 4 is 5.91 Å². The minimum Gasteiger partial charge on any atom is -0.383 e. The van der Waals surface area contributed by atoms with Gasteiger partial charge >= 0.3 is 0 Å². The van der Waals surface area contributed by atoms with E-state index in [9.17, 15) is 4.79 Å². The van der Waals surface area contributed by atoms with Crippen LogP contribution >= 0.6 is 0 Å². The second kappa shape index (κ2) is 7.91. The molecule has 0 bridgehead atoms. The summed E-state index contributed by atoms with van der Waals surface area (Å²) in [6, 6.07) is -0.0564. The molecule has 0 aliphatic heterocycles. The Bertz CT molecular complexity index is 390. The number of imidazole rings is 1. The largest absolute Gasteiger partial charge is 0.383 e. The fourth-order valence-corrected chi connectivity index (χ4v) is 1.74. The summed E-state index contributed by atoms with van der Waals surface area (Å²) in [5.74, 6) is 0.348. The highest BCUT2D eigenvalue weighted by molar-refractivity contribution is 5.75. The van der Waals surface area contributed by atoms with Crippen molar-refractivity contribution in [3.05, 3.63) is 18.2 Å². The number of nitrogens with one attached hydrogen (secondary N) is 1. The maximum Gasteiger partial charge on any atom is 0.221 e. The van der Waals surface area contributed by atoms with Gasteiger partial charge in [-0.3, -0.25) is 4.79 Å². The molecule has 0 aliphatic carbocycles. The van der Waals surface area contributed by atoms with E-state index in [1.165, 1.54) is 0 Å². The first-order chi connectivity index (χ1) is 9.06. The van der Waals surface area contributed by atoms with Crippen molar-refractivity contribution in [3.63, 3.8) is 0 Å². The molecule has 6 heteroatoms. The molecule has 1 atom stereocenters. The quantitative estimate of drug-likeness (QED) is 0.680. The average Bonchev–Trinajstić information content (AvgIpc) is 2.83. The molecule has 0 radical (unpaired) electrons. The number of carbonyl (C=O) groups is 1. The third kappa shape index (κ3) is 5.00. The molecular weight excluding hydrogens is 244 g/mol. The molecule has 0 spiro atoms. The summed E-state index contributed by atoms with van der Waals surface area (Å²) in [5, 5.41) is 2.79. The Labute approximate surface area is 114 Å². The van der Waals surface area contributed by atoms with Gasteiger partial charge in [-0.2, -0.15) is 0 Å². The van der Waals surface area contributed by atoms with Crippen molar-refractivity contribution in [2.75, 3.05) is 20.3 Å². The highest BCUT2D eigenvalue weighted by Crippen LogP contribution is 2.18. The maximum absolute atomic E-state index is 11.6. The molecular formula is C13H24N4O2. The molecule has 1 aromatic rings. The topological polar surface area (TPSA) is 82.2 Å². The van der Waals surface area contributed by atoms with Crippen LogP contribution in [0.5, 0.6) is 0 Å². The average molecular weight is 268 g/mol. The van der Waals surface area contributed by atoms with Crippen molar-refractivity contribution in [1.82, 2.24) is 14.9 Å². The van der Waals surface area contributed by atoms with Crippen molar-refractivity contribution in [1.29, 1.82) is 0 Å². The van der Waals surface area contributed by atoms with Crippen LogP contribution in [0.1, 0.15) is 32.0 Å². The van der Waals surface area contributed by atoms with Crippen molar-refractivity contribution < 1.29 is 9.53 Å². The van der Waals surface area contributed by atoms with Gasteiger partial charge in [-0.1, -0.05) is 13.8 Å². The summed E-state index contributed by atoms with van der Waals surface area (Å²) in [4.78, 5) is 15.7. The summed E-state index contributed by atoms with van der Waals surface area (Å²) in [7, 11) is 1.61. The highest BCUT2D eigenvalue weighted by Gasteiger charge is 2.15. The minimum atomic E-state index is -0.0564. The Morgan fingerprint density at radius 3 is 2.95 bits per heavy atom. The lowest BCUT2D eigenvalue weighted by Crippen LogP contribution is -2.28. The van der Waals surface area contributed by atoms with Gasteiger partial charge in [0, 0.05) is 38.9 Å². The third-order valence-corrected chi connectivity index (χ3v) is 3.01. The van der Waals surface area contributed by atoms with Crippen LogP contribution < -0.4 is 11.1 Å². The number of aryl methyl sites for hydroxylation is 1. The van der Waals surface area contributed by atoms with Crippen LogP contribution in [-0.4, -0.2) is 35.7 Å². The zero-order chi connectivity index (χ0) is 14.3. The summed E-state index contributed by atoms with van der Waals surface area (Å²) < 4.78 is 6.82. The molecule has 3 N–H and O–H groups in total. The molecule has 1 rings (SSSR count). The minimum absolute atomic E-state index is 0.00909. The van der Waals surface area contributed by atoms with Gasteiger partial charge in [0.1, 0.15) is 0 Å². The molecule has 0 fully saturated rings. The third-order valence-electron chi connectivity index (χ3n) is 3.01. The van der Waals surface area contributed by atoms with Crippen molar-refractivity contribution in [3.8, 4) is 0 Å². The number of methoxy groups -OCH3 is 1. The van der Waals surface area contributed by atoms with E-state index >= 15 is 0 Å². The Kier molecular flexibility index (Phi) is 6.52. The van der Waals surface area contributed by atoms with Crippen LogP contribution in [0, 0.1) is 5.92 Å². The van der Waals surface area contributed by atoms with Gasteiger partial charge < -0.3 is 20.4 Å². The molecule has 1 unspecified atom stereocenters. The van der Waals surface area contributed by atoms with Crippen LogP contribution in [0.15, 0.2) is 12.5 Å². The summed E-state index contributed by atoms with van der Waals surface area (Å²) in [6.45, 7) is 5.80. The van der Waals surface area contributed by atoms with Gasteiger partial charge in [-0.25, -0.2) is 4.98 Å². The van der Waals surface area contributed by atoms with E-state index < -0.39 is 0 Å². The molecule has 1 aromatic heterocycles. The van der Waals surface area contributed by atoms with Gasteiger partial charge in [0.2, 0.25) is 5.91 Å². The zero-order valence-electron chi connectivity index (χ0n) is 11.9. The number of hydrogen-bond donors (Lipinski definition) is 2. The lowest BCUT2D eigenvalue weighted by Gasteiger charge is -2.17. The van der Waals surface area contributed by atoms with E-state index in [0.717, 1.165) is 5.69 Å². The second-order valence-electron chi connectivity index (χ2n) is 4.87. The molecule has 1 heterocycles. The van der Waals surface area contributed by atoms with Crippen LogP contribution in [0.25, 0.3) is 0 Å². The first-order valence-electron chi connectivity index (χ1n) is 6.57. The van der Waals surface area contributed by atoms with Crippen LogP contribution in [0.3, 0.4) is 0 Å². The highest BCUT2D eigenvalue weighted by atomic mass is 16.5. The summed E-state index contributed by atoms with van der Waals surface area (Å²) in [6.07, 6.45) is 3.91. The van der Waals surface area contributed by atoms with E-state index in [1.807, 2.05) is 4.57 Å². The van der Waals surface area contributed by atoms with E-state index in [1.54, 1.807) is 19.6 Å². The number of hydrogen-bond acceptors (Lipinski definition) is 4. The number of ether oxygens (including phenoxy) is 1. The van der Waals surface area contributed by atoms with Crippen LogP contribution in [0.4, 0.5) is 0 Å². The molecule has 19 heavy (non-hydrogen) atoms. The van der Waals surface area contributed by atoms with Gasteiger partial charge in [0.25, 0.3) is 0 Å². The first kappa shape index (κ1) is 15.7. The van der Waals surface area contributed by atoms with E-state index in [4.69, 9.17) is 10.5 Å². The van der Waals surface area contributed by atoms with Gasteiger partial charge in [-0.15, -0.1) is 0 Å². The van der Waals surface area contributed by atoms with Crippen LogP contribution in [0.2, 0.25) is 0 Å². The summed E-state index contributed by atoms with van der Waals surface area (Å²) in [5.41, 5.74) is 7.08. The van der Waals surface area contributed by atoms with Gasteiger partial charge in [0.05, 0.1) is 18.6 Å². The normalized spacial score (nSPS) is 12.7. The van der Waals surface area contributed by atoms with Crippen molar-refractivity contribution in [2.45, 2.75) is 32.9 Å². The van der Waals surface area contributed by atoms with E-state index in [0.29, 0.717) is 32.0 Å². The Morgan fingerprint density at radius 2 is 2.32 bits per heavy atom. The molecule has 108 valence electrons. The number of nitrogens with two attached hydrogens (primary N) is 1. The SMILES string of the molecule is COCCNC(=O)CCn1cncc1C(N)C(C)C. The lowest BCUT2D eigenvalue weighted by atomic mass is 10.0. The molecule has 6 nitrogen and oxygen atoms in total. The molecule has 0 saturated heterocycles. The predicted molar refractivity (Wildman–Crippen MR) is 73.5 cm³/mol. The molecule has 0 aromatic carbocycles. The number of rotatable bonds is 8. The first-order valence-corrected chi connectivity index (χ1v) is 6.57. The monoisotopic (exact) mass is 268 g/mol. The van der Waals surface area contributed by atoms with E-state index in [-0.39, 0.29) is 11.9 Å². The summed E-state index contributed by atoms with van der Waals surface area (Å²) >= 11 is 0. The van der Waals surface area contributed by atoms with Gasteiger partial charge in [-0.05, 0) is 5.92 Å². The second-order valence-corrected chi connectivity index (χ2v) is 4.87. The predicted octanol–water partition coefficient (Wildman–Crippen LogP) is 0.692. The Hall–Kier alpha value is -1.40. The van der Waals surface area contributed by atoms with E-state index in [2.05, 4.69) is 24.1 Å². The fraction of sp³-hybridized carbons (Fsp3) is 0.692. The number of aromatic nitrogens is 2. The maximum atomic E-state index is 11.6. The zero-order valence-corrected chi connectivity index (χ0v) is 11.9. The Morgan fingerprint density at radius 1 is 1.58 bits per heavy atom. The smallest absolute Gasteiger partial charge is 0.221 e. The van der Waals surface area contributed by atoms with Crippen molar-refractivity contribution in [2.24, 2.45) is 11.7 Å². The van der Waals surface area contributed by atoms with Crippen LogP contribution in [-0.2, 0) is 16.1 Å². The number of nitrogens with zero attached hydrogens (tertiary/aromatic N) is 2. The standard InChI is InChI=1S/C13H24N4O2/c1-10(2)13(14)11-8-15-9-17(11)6-4-12(18)16-5-7-19-3/h8-10,13H,4-7,14H2,1-3H3,(H,16,18). The fourth-order valence-electron chi connectivity index (χ4n) is 1.74. The Balaban J connectivity index is 2.45. The number of carbonyl (C=O) groups excluding carboxylic acids is 1. The molecule has 0 aliphatic rings. The van der Waals surface area contributed by atoms with Gasteiger partial charge in [0.15, 0.2) is 0 Å². The molecule has 0 saturated carbocycles.